The van der Waals surface area contributed by atoms with E-state index in [2.05, 4.69) is 29.2 Å². The van der Waals surface area contributed by atoms with Gasteiger partial charge in [-0.1, -0.05) is 29.2 Å². The third kappa shape index (κ3) is 4.75. The Bertz CT molecular complexity index is 397. The van der Waals surface area contributed by atoms with Crippen molar-refractivity contribution in [3.63, 3.8) is 0 Å². The summed E-state index contributed by atoms with van der Waals surface area (Å²) in [5, 5.41) is 0. The predicted octanol–water partition coefficient (Wildman–Crippen LogP) is 3.28. The van der Waals surface area contributed by atoms with Gasteiger partial charge in [0, 0.05) is 10.3 Å². The maximum absolute atomic E-state index is 12.0. The summed E-state index contributed by atoms with van der Waals surface area (Å²) in [6.45, 7) is 11.2. The number of cyclic esters (lactones) is 1. The zero-order valence-electron chi connectivity index (χ0n) is 12.6. The minimum absolute atomic E-state index is 0.0849. The monoisotopic (exact) mass is 394 g/mol. The molecule has 1 saturated heterocycles. The van der Waals surface area contributed by atoms with E-state index >= 15 is 0 Å². The van der Waals surface area contributed by atoms with E-state index in [9.17, 15) is 9.59 Å². The number of ether oxygens (including phenoxy) is 2. The van der Waals surface area contributed by atoms with Gasteiger partial charge in [-0.25, -0.2) is 0 Å². The smallest absolute Gasteiger partial charge is 0.311 e. The third-order valence-corrected chi connectivity index (χ3v) is 4.19. The fourth-order valence-electron chi connectivity index (χ4n) is 1.98. The molecule has 1 aliphatic heterocycles. The molecule has 20 heavy (non-hydrogen) atoms. The molecule has 0 N–H and O–H groups in total. The van der Waals surface area contributed by atoms with Crippen molar-refractivity contribution in [1.29, 1.82) is 0 Å². The SMILES string of the molecule is C=C(C)[C@H](C[C@@H]1CC(=O)O[C@H]1CI)OC(=O)C(C)(C)C. The number of hydrogen-bond acceptors (Lipinski definition) is 4. The lowest BCUT2D eigenvalue weighted by molar-refractivity contribution is -0.157. The van der Waals surface area contributed by atoms with E-state index in [-0.39, 0.29) is 30.1 Å². The van der Waals surface area contributed by atoms with Crippen LogP contribution in [0.1, 0.15) is 40.5 Å². The van der Waals surface area contributed by atoms with E-state index in [4.69, 9.17) is 9.47 Å². The second-order valence-corrected chi connectivity index (χ2v) is 7.25. The Hall–Kier alpha value is -0.590. The van der Waals surface area contributed by atoms with Crippen LogP contribution in [0, 0.1) is 11.3 Å². The molecule has 1 heterocycles. The fourth-order valence-corrected chi connectivity index (χ4v) is 2.88. The number of carbonyl (C=O) groups is 2. The summed E-state index contributed by atoms with van der Waals surface area (Å²) in [5.74, 6) is -0.324. The average Bonchev–Trinajstić information content (AvgIpc) is 2.67. The van der Waals surface area contributed by atoms with Crippen LogP contribution in [0.25, 0.3) is 0 Å². The van der Waals surface area contributed by atoms with Gasteiger partial charge >= 0.3 is 11.9 Å². The van der Waals surface area contributed by atoms with Crippen LogP contribution in [0.4, 0.5) is 0 Å². The van der Waals surface area contributed by atoms with E-state index in [1.54, 1.807) is 0 Å². The summed E-state index contributed by atoms with van der Waals surface area (Å²) >= 11 is 2.21. The van der Waals surface area contributed by atoms with E-state index < -0.39 is 5.41 Å². The number of hydrogen-bond donors (Lipinski definition) is 0. The Morgan fingerprint density at radius 1 is 1.55 bits per heavy atom. The van der Waals surface area contributed by atoms with Crippen molar-refractivity contribution in [3.05, 3.63) is 12.2 Å². The van der Waals surface area contributed by atoms with E-state index in [0.29, 0.717) is 12.8 Å². The molecular weight excluding hydrogens is 371 g/mol. The molecule has 1 rings (SSSR count). The molecule has 0 aromatic rings. The zero-order valence-corrected chi connectivity index (χ0v) is 14.7. The first kappa shape index (κ1) is 17.5. The summed E-state index contributed by atoms with van der Waals surface area (Å²) < 4.78 is 11.6. The minimum Gasteiger partial charge on any atom is -0.461 e. The largest absolute Gasteiger partial charge is 0.461 e. The first-order chi connectivity index (χ1) is 9.15. The number of halogens is 1. The molecule has 114 valence electrons. The van der Waals surface area contributed by atoms with Crippen molar-refractivity contribution in [2.45, 2.75) is 52.7 Å². The second kappa shape index (κ2) is 6.91. The summed E-state index contributed by atoms with van der Waals surface area (Å²) in [6.07, 6.45) is 0.547. The Morgan fingerprint density at radius 3 is 2.60 bits per heavy atom. The molecule has 0 saturated carbocycles. The van der Waals surface area contributed by atoms with Crippen molar-refractivity contribution < 1.29 is 19.1 Å². The van der Waals surface area contributed by atoms with Crippen LogP contribution in [0.15, 0.2) is 12.2 Å². The molecule has 0 aliphatic carbocycles. The van der Waals surface area contributed by atoms with Crippen LogP contribution >= 0.6 is 22.6 Å². The Kier molecular flexibility index (Phi) is 6.04. The van der Waals surface area contributed by atoms with Gasteiger partial charge in [0.2, 0.25) is 0 Å². The Morgan fingerprint density at radius 2 is 2.15 bits per heavy atom. The van der Waals surface area contributed by atoms with Crippen molar-refractivity contribution >= 4 is 34.5 Å². The standard InChI is InChI=1S/C15H23IO4/c1-9(2)11(20-14(18)15(3,4)5)6-10-7-13(17)19-12(10)8-16/h10-12H,1,6-8H2,2-5H3/t10-,11+,12+/m1/s1. The summed E-state index contributed by atoms with van der Waals surface area (Å²) in [5.41, 5.74) is 0.257. The molecular formula is C15H23IO4. The molecule has 0 bridgehead atoms. The first-order valence-electron chi connectivity index (χ1n) is 6.77. The van der Waals surface area contributed by atoms with Crippen LogP contribution in [0.2, 0.25) is 0 Å². The maximum Gasteiger partial charge on any atom is 0.311 e. The first-order valence-corrected chi connectivity index (χ1v) is 8.29. The van der Waals surface area contributed by atoms with Gasteiger partial charge in [0.05, 0.1) is 11.8 Å². The predicted molar refractivity (Wildman–Crippen MR) is 85.6 cm³/mol. The van der Waals surface area contributed by atoms with Crippen LogP contribution in [-0.4, -0.2) is 28.6 Å². The zero-order chi connectivity index (χ0) is 15.5. The highest BCUT2D eigenvalue weighted by atomic mass is 127. The molecule has 0 amide bonds. The maximum atomic E-state index is 12.0. The summed E-state index contributed by atoms with van der Waals surface area (Å²) in [6, 6.07) is 0. The van der Waals surface area contributed by atoms with Gasteiger partial charge in [0.1, 0.15) is 12.2 Å². The van der Waals surface area contributed by atoms with Gasteiger partial charge in [0.15, 0.2) is 0 Å². The van der Waals surface area contributed by atoms with Crippen molar-refractivity contribution in [2.24, 2.45) is 11.3 Å². The molecule has 0 unspecified atom stereocenters. The van der Waals surface area contributed by atoms with Crippen LogP contribution < -0.4 is 0 Å². The number of rotatable bonds is 5. The molecule has 1 fully saturated rings. The highest BCUT2D eigenvalue weighted by Crippen LogP contribution is 2.31. The summed E-state index contributed by atoms with van der Waals surface area (Å²) in [7, 11) is 0. The second-order valence-electron chi connectivity index (χ2n) is 6.37. The van der Waals surface area contributed by atoms with Gasteiger partial charge in [-0.2, -0.15) is 0 Å². The van der Waals surface area contributed by atoms with Crippen LogP contribution in [0.5, 0.6) is 0 Å². The molecule has 1 aliphatic rings. The van der Waals surface area contributed by atoms with Crippen molar-refractivity contribution in [3.8, 4) is 0 Å². The lowest BCUT2D eigenvalue weighted by Gasteiger charge is -2.26. The number of carbonyl (C=O) groups excluding carboxylic acids is 2. The van der Waals surface area contributed by atoms with Gasteiger partial charge < -0.3 is 9.47 Å². The van der Waals surface area contributed by atoms with E-state index in [0.717, 1.165) is 10.0 Å². The molecule has 0 aromatic carbocycles. The van der Waals surface area contributed by atoms with E-state index in [1.807, 2.05) is 27.7 Å². The van der Waals surface area contributed by atoms with Crippen molar-refractivity contribution in [2.75, 3.05) is 4.43 Å². The lowest BCUT2D eigenvalue weighted by atomic mass is 9.92. The average molecular weight is 394 g/mol. The fraction of sp³-hybridized carbons (Fsp3) is 0.733. The highest BCUT2D eigenvalue weighted by molar-refractivity contribution is 14.1. The molecule has 5 heteroatoms. The Balaban J connectivity index is 2.71. The molecule has 0 spiro atoms. The summed E-state index contributed by atoms with van der Waals surface area (Å²) in [4.78, 5) is 23.4. The minimum atomic E-state index is -0.543. The van der Waals surface area contributed by atoms with Crippen LogP contribution in [0.3, 0.4) is 0 Å². The van der Waals surface area contributed by atoms with Gasteiger partial charge in [-0.15, -0.1) is 0 Å². The molecule has 0 aromatic heterocycles. The van der Waals surface area contributed by atoms with Crippen LogP contribution in [-0.2, 0) is 19.1 Å². The van der Waals surface area contributed by atoms with Gasteiger partial charge in [-0.3, -0.25) is 9.59 Å². The number of alkyl halides is 1. The molecule has 0 radical (unpaired) electrons. The highest BCUT2D eigenvalue weighted by Gasteiger charge is 2.37. The lowest BCUT2D eigenvalue weighted by Crippen LogP contribution is -2.31. The quantitative estimate of drug-likeness (QED) is 0.311. The Labute approximate surface area is 134 Å². The van der Waals surface area contributed by atoms with E-state index in [1.165, 1.54) is 0 Å². The third-order valence-electron chi connectivity index (χ3n) is 3.32. The molecule has 3 atom stereocenters. The molecule has 4 nitrogen and oxygen atoms in total. The van der Waals surface area contributed by atoms with Gasteiger partial charge in [0.25, 0.3) is 0 Å². The number of esters is 2. The van der Waals surface area contributed by atoms with Gasteiger partial charge in [-0.05, 0) is 39.7 Å². The topological polar surface area (TPSA) is 52.6 Å². The van der Waals surface area contributed by atoms with Crippen molar-refractivity contribution in [1.82, 2.24) is 0 Å². The normalized spacial score (nSPS) is 24.1.